The molecule has 0 fully saturated rings. The van der Waals surface area contributed by atoms with Gasteiger partial charge in [-0.2, -0.15) is 9.61 Å². The van der Waals surface area contributed by atoms with E-state index in [-0.39, 0.29) is 12.1 Å². The van der Waals surface area contributed by atoms with Crippen molar-refractivity contribution in [3.63, 3.8) is 0 Å². The lowest BCUT2D eigenvalue weighted by atomic mass is 9.96. The summed E-state index contributed by atoms with van der Waals surface area (Å²) in [6.07, 6.45) is 1.57. The van der Waals surface area contributed by atoms with Gasteiger partial charge >= 0.3 is 5.69 Å². The third-order valence-corrected chi connectivity index (χ3v) is 6.59. The lowest BCUT2D eigenvalue weighted by Gasteiger charge is -2.16. The number of fused-ring (bicyclic) bond motifs is 1. The number of H-pyrrole nitrogens is 1. The van der Waals surface area contributed by atoms with Crippen molar-refractivity contribution in [3.05, 3.63) is 122 Å². The van der Waals surface area contributed by atoms with Crippen molar-refractivity contribution in [2.75, 3.05) is 0 Å². The van der Waals surface area contributed by atoms with E-state index in [0.29, 0.717) is 43.7 Å². The molecule has 0 saturated carbocycles. The molecule has 6 aromatic rings. The number of rotatable bonds is 5. The first-order chi connectivity index (χ1) is 18.0. The van der Waals surface area contributed by atoms with Crippen LogP contribution in [0.4, 0.5) is 0 Å². The van der Waals surface area contributed by atoms with Crippen molar-refractivity contribution in [1.82, 2.24) is 24.6 Å². The molecular formula is C27H17Cl2N5O3. The van der Waals surface area contributed by atoms with Crippen LogP contribution in [0, 0.1) is 0 Å². The molecule has 0 bridgehead atoms. The van der Waals surface area contributed by atoms with E-state index in [2.05, 4.69) is 15.4 Å². The first-order valence-corrected chi connectivity index (χ1v) is 12.0. The van der Waals surface area contributed by atoms with E-state index in [9.17, 15) is 9.59 Å². The lowest BCUT2D eigenvalue weighted by Crippen LogP contribution is -2.33. The molecule has 1 N–H and O–H groups in total. The maximum Gasteiger partial charge on any atom is 0.363 e. The topological polar surface area (TPSA) is 98.2 Å². The van der Waals surface area contributed by atoms with E-state index < -0.39 is 5.69 Å². The number of hydrogen-bond donors (Lipinski definition) is 1. The minimum atomic E-state index is -0.525. The smallest absolute Gasteiger partial charge is 0.356 e. The van der Waals surface area contributed by atoms with Gasteiger partial charge < -0.3 is 4.52 Å². The van der Waals surface area contributed by atoms with Gasteiger partial charge in [-0.15, -0.1) is 0 Å². The van der Waals surface area contributed by atoms with Crippen LogP contribution < -0.4 is 11.2 Å². The van der Waals surface area contributed by atoms with Crippen molar-refractivity contribution in [1.29, 1.82) is 0 Å². The van der Waals surface area contributed by atoms with Crippen LogP contribution in [-0.2, 0) is 6.54 Å². The Balaban J connectivity index is 1.58. The van der Waals surface area contributed by atoms with Crippen LogP contribution in [0.3, 0.4) is 0 Å². The normalized spacial score (nSPS) is 11.3. The van der Waals surface area contributed by atoms with Crippen molar-refractivity contribution in [3.8, 4) is 33.6 Å². The number of nitrogens with one attached hydrogen (secondary N) is 1. The van der Waals surface area contributed by atoms with Crippen LogP contribution in [0.5, 0.6) is 0 Å². The van der Waals surface area contributed by atoms with Gasteiger partial charge in [0.25, 0.3) is 5.56 Å². The number of aromatic amines is 1. The molecule has 0 aliphatic carbocycles. The van der Waals surface area contributed by atoms with Gasteiger partial charge in [-0.05, 0) is 41.0 Å². The van der Waals surface area contributed by atoms with Crippen LogP contribution in [0.25, 0.3) is 39.2 Å². The zero-order valence-corrected chi connectivity index (χ0v) is 20.6. The second-order valence-corrected chi connectivity index (χ2v) is 9.24. The number of halogens is 2. The summed E-state index contributed by atoms with van der Waals surface area (Å²) in [7, 11) is 0. The quantitative estimate of drug-likeness (QED) is 0.316. The molecule has 182 valence electrons. The van der Waals surface area contributed by atoms with Gasteiger partial charge in [-0.3, -0.25) is 4.79 Å². The minimum absolute atomic E-state index is 0.132. The highest BCUT2D eigenvalue weighted by Gasteiger charge is 2.23. The second-order valence-electron chi connectivity index (χ2n) is 8.36. The Labute approximate surface area is 219 Å². The highest BCUT2D eigenvalue weighted by Crippen LogP contribution is 2.33. The third-order valence-electron chi connectivity index (χ3n) is 6.09. The Morgan fingerprint density at radius 2 is 1.35 bits per heavy atom. The third kappa shape index (κ3) is 4.16. The molecule has 0 aliphatic rings. The fourth-order valence-corrected chi connectivity index (χ4v) is 4.60. The van der Waals surface area contributed by atoms with Crippen LogP contribution in [0.2, 0.25) is 10.0 Å². The maximum atomic E-state index is 14.1. The molecule has 37 heavy (non-hydrogen) atoms. The van der Waals surface area contributed by atoms with Crippen molar-refractivity contribution in [2.45, 2.75) is 6.54 Å². The fourth-order valence-electron chi connectivity index (χ4n) is 4.35. The predicted octanol–water partition coefficient (Wildman–Crippen LogP) is 5.53. The zero-order valence-electron chi connectivity index (χ0n) is 19.1. The highest BCUT2D eigenvalue weighted by atomic mass is 35.5. The van der Waals surface area contributed by atoms with Crippen LogP contribution in [0.15, 0.2) is 99.2 Å². The van der Waals surface area contributed by atoms with Crippen molar-refractivity contribution in [2.24, 2.45) is 0 Å². The van der Waals surface area contributed by atoms with E-state index in [0.717, 1.165) is 11.1 Å². The number of benzene rings is 3. The molecule has 3 heterocycles. The molecule has 0 spiro atoms. The molecule has 8 nitrogen and oxygen atoms in total. The average molecular weight is 530 g/mol. The van der Waals surface area contributed by atoms with Gasteiger partial charge in [0, 0.05) is 27.2 Å². The van der Waals surface area contributed by atoms with E-state index >= 15 is 0 Å². The summed E-state index contributed by atoms with van der Waals surface area (Å²) < 4.78 is 7.87. The molecule has 3 aromatic heterocycles. The van der Waals surface area contributed by atoms with E-state index in [1.807, 2.05) is 24.3 Å². The molecule has 0 radical (unpaired) electrons. The SMILES string of the molecule is O=c1c(-c2ccc(Cl)cc2)c(-c2ccc(Cl)cc2)c2n[nH]c(=O)n2n1Cc1ccc(-c2ccno2)cc1. The second kappa shape index (κ2) is 9.24. The average Bonchev–Trinajstić information content (AvgIpc) is 3.58. The molecule has 0 saturated heterocycles. The molecular weight excluding hydrogens is 513 g/mol. The largest absolute Gasteiger partial charge is 0.363 e. The standard InChI is InChI=1S/C27H17Cl2N5O3/c28-20-9-5-18(6-10-20)23-24(19-7-11-21(29)12-8-19)26(35)33(34-25(23)31-32-27(34)36)15-16-1-3-17(4-2-16)22-13-14-30-37-22/h1-14H,15H2,(H,32,36). The summed E-state index contributed by atoms with van der Waals surface area (Å²) in [6, 6.07) is 23.3. The molecule has 3 aromatic carbocycles. The lowest BCUT2D eigenvalue weighted by molar-refractivity contribution is 0.432. The molecule has 10 heteroatoms. The summed E-state index contributed by atoms with van der Waals surface area (Å²) in [5.74, 6) is 0.634. The minimum Gasteiger partial charge on any atom is -0.356 e. The molecule has 0 amide bonds. The van der Waals surface area contributed by atoms with Crippen molar-refractivity contribution >= 4 is 28.8 Å². The number of nitrogens with zero attached hydrogens (tertiary/aromatic N) is 4. The summed E-state index contributed by atoms with van der Waals surface area (Å²) >= 11 is 12.2. The maximum absolute atomic E-state index is 14.1. The van der Waals surface area contributed by atoms with Crippen LogP contribution in [-0.4, -0.2) is 24.6 Å². The van der Waals surface area contributed by atoms with Crippen LogP contribution >= 0.6 is 23.2 Å². The van der Waals surface area contributed by atoms with Gasteiger partial charge in [-0.25, -0.2) is 14.6 Å². The summed E-state index contributed by atoms with van der Waals surface area (Å²) in [4.78, 5) is 27.0. The monoisotopic (exact) mass is 529 g/mol. The Morgan fingerprint density at radius 1 is 0.757 bits per heavy atom. The Morgan fingerprint density at radius 3 is 1.95 bits per heavy atom. The first kappa shape index (κ1) is 23.0. The van der Waals surface area contributed by atoms with E-state index in [4.69, 9.17) is 27.7 Å². The van der Waals surface area contributed by atoms with Crippen molar-refractivity contribution < 1.29 is 4.52 Å². The summed E-state index contributed by atoms with van der Waals surface area (Å²) in [5.41, 5.74) is 3.33. The number of hydrogen-bond acceptors (Lipinski definition) is 5. The predicted molar refractivity (Wildman–Crippen MR) is 142 cm³/mol. The Hall–Kier alpha value is -4.40. The van der Waals surface area contributed by atoms with Gasteiger partial charge in [0.05, 0.1) is 18.3 Å². The molecule has 6 rings (SSSR count). The van der Waals surface area contributed by atoms with Crippen LogP contribution in [0.1, 0.15) is 5.56 Å². The fraction of sp³-hybridized carbons (Fsp3) is 0.0370. The Bertz CT molecular complexity index is 1840. The van der Waals surface area contributed by atoms with Gasteiger partial charge in [0.15, 0.2) is 11.4 Å². The van der Waals surface area contributed by atoms with E-state index in [1.54, 1.807) is 60.8 Å². The summed E-state index contributed by atoms with van der Waals surface area (Å²) in [5, 5.41) is 11.6. The Kier molecular flexibility index (Phi) is 5.75. The van der Waals surface area contributed by atoms with Gasteiger partial charge in [0.2, 0.25) is 0 Å². The zero-order chi connectivity index (χ0) is 25.5. The molecule has 0 atom stereocenters. The highest BCUT2D eigenvalue weighted by molar-refractivity contribution is 6.31. The van der Waals surface area contributed by atoms with Gasteiger partial charge in [-0.1, -0.05) is 76.9 Å². The molecule has 0 unspecified atom stereocenters. The van der Waals surface area contributed by atoms with Gasteiger partial charge in [0.1, 0.15) is 0 Å². The number of aromatic nitrogens is 5. The van der Waals surface area contributed by atoms with E-state index in [1.165, 1.54) is 9.20 Å². The molecule has 0 aliphatic heterocycles. The summed E-state index contributed by atoms with van der Waals surface area (Å²) in [6.45, 7) is 0.132. The first-order valence-electron chi connectivity index (χ1n) is 11.3.